The molecule has 3 fully saturated rings. The lowest BCUT2D eigenvalue weighted by molar-refractivity contribution is -0.142. The molecule has 10 atom stereocenters. The number of ether oxygens (including phenoxy) is 4. The molecule has 0 radical (unpaired) electrons. The van der Waals surface area contributed by atoms with Crippen LogP contribution in [0.2, 0.25) is 0 Å². The van der Waals surface area contributed by atoms with Gasteiger partial charge in [0.05, 0.1) is 71.1 Å². The molecule has 0 amide bonds. The summed E-state index contributed by atoms with van der Waals surface area (Å²) in [5, 5.41) is 18.7. The Hall–Kier alpha value is -2.42. The zero-order chi connectivity index (χ0) is 37.4. The van der Waals surface area contributed by atoms with Crippen LogP contribution in [0.25, 0.3) is 0 Å². The first-order chi connectivity index (χ1) is 24.1. The Morgan fingerprint density at radius 1 is 0.784 bits per heavy atom. The molecule has 0 spiro atoms. The average molecular weight is 749 g/mol. The maximum atomic E-state index is 12.9. The van der Waals surface area contributed by atoms with Crippen molar-refractivity contribution in [1.82, 2.24) is 0 Å². The van der Waals surface area contributed by atoms with Crippen LogP contribution in [0.3, 0.4) is 0 Å². The first-order valence-electron chi connectivity index (χ1n) is 17.8. The molecular formula is C39H56O10S2. The van der Waals surface area contributed by atoms with Crippen LogP contribution < -0.4 is 0 Å². The number of hydrogen-bond donors (Lipinski definition) is 2. The van der Waals surface area contributed by atoms with Crippen molar-refractivity contribution >= 4 is 19.7 Å². The van der Waals surface area contributed by atoms with Crippen LogP contribution in [-0.2, 0) is 38.6 Å². The van der Waals surface area contributed by atoms with Crippen LogP contribution in [0.1, 0.15) is 53.4 Å². The fraction of sp³-hybridized carbons (Fsp3) is 0.590. The zero-order valence-electron chi connectivity index (χ0n) is 30.2. The molecule has 3 heterocycles. The van der Waals surface area contributed by atoms with E-state index in [4.69, 9.17) is 24.1 Å². The summed E-state index contributed by atoms with van der Waals surface area (Å²) in [5.41, 5.74) is 0. The largest absolute Gasteiger partial charge is 0.394 e. The third kappa shape index (κ3) is 11.1. The average Bonchev–Trinajstić information content (AvgIpc) is 3.69. The van der Waals surface area contributed by atoms with Crippen LogP contribution in [-0.4, -0.2) is 94.2 Å². The van der Waals surface area contributed by atoms with E-state index in [1.54, 1.807) is 66.7 Å². The number of sulfone groups is 2. The van der Waals surface area contributed by atoms with E-state index < -0.39 is 31.6 Å². The molecular weight excluding hydrogens is 693 g/mol. The molecule has 51 heavy (non-hydrogen) atoms. The van der Waals surface area contributed by atoms with Crippen molar-refractivity contribution in [3.63, 3.8) is 0 Å². The summed E-state index contributed by atoms with van der Waals surface area (Å²) < 4.78 is 75.0. The van der Waals surface area contributed by atoms with Gasteiger partial charge in [0, 0.05) is 24.7 Å². The predicted molar refractivity (Wildman–Crippen MR) is 196 cm³/mol. The number of benzene rings is 2. The second-order valence-electron chi connectivity index (χ2n) is 14.5. The Balaban J connectivity index is 0.000000230. The Labute approximate surface area is 304 Å². The van der Waals surface area contributed by atoms with Gasteiger partial charge in [-0.1, -0.05) is 62.4 Å². The summed E-state index contributed by atoms with van der Waals surface area (Å²) in [6.45, 7) is 15.6. The first kappa shape index (κ1) is 41.3. The molecule has 284 valence electrons. The van der Waals surface area contributed by atoms with Crippen molar-refractivity contribution in [3.8, 4) is 0 Å². The highest BCUT2D eigenvalue weighted by Crippen LogP contribution is 2.40. The van der Waals surface area contributed by atoms with Crippen LogP contribution in [0.5, 0.6) is 0 Å². The quantitative estimate of drug-likeness (QED) is 0.227. The molecule has 0 saturated carbocycles. The van der Waals surface area contributed by atoms with Crippen LogP contribution in [0, 0.1) is 23.7 Å². The van der Waals surface area contributed by atoms with Crippen molar-refractivity contribution in [2.45, 2.75) is 106 Å². The van der Waals surface area contributed by atoms with Crippen molar-refractivity contribution in [2.75, 3.05) is 24.7 Å². The lowest BCUT2D eigenvalue weighted by Crippen LogP contribution is -2.29. The summed E-state index contributed by atoms with van der Waals surface area (Å²) in [5.74, 6) is -0.653. The summed E-state index contributed by atoms with van der Waals surface area (Å²) in [4.78, 5) is 0.681. The highest BCUT2D eigenvalue weighted by Gasteiger charge is 2.46. The predicted octanol–water partition coefficient (Wildman–Crippen LogP) is 5.40. The minimum atomic E-state index is -3.41. The van der Waals surface area contributed by atoms with E-state index in [1.807, 2.05) is 26.8 Å². The standard InChI is InChI=1S/C21H30O5S.C18H26O5S/c1-5-9-19-18(14-27(22,23)17-10-7-6-8-11-17)15(2)20(25-19)12-16-13-24-21(3,4)26-16;1-3-7-17-16(13(2)18(23-17)10-14(20)11-19)12-24(21,22)15-8-5-4-6-9-15/h5-8,10-11,15-16,18-20H,1,9,12-14H2,2-4H3;3-6,8-9,13-14,16-20H,1,7,10-12H2,2H3/t15-,16?,18-,19+,20-;13-,14?,16-,17+,18-/m11/s1. The normalized spacial score (nSPS) is 31.1. The fourth-order valence-electron chi connectivity index (χ4n) is 7.41. The summed E-state index contributed by atoms with van der Waals surface area (Å²) in [7, 11) is -6.78. The van der Waals surface area contributed by atoms with Crippen LogP contribution in [0.4, 0.5) is 0 Å². The van der Waals surface area contributed by atoms with Gasteiger partial charge >= 0.3 is 0 Å². The molecule has 0 aliphatic carbocycles. The summed E-state index contributed by atoms with van der Waals surface area (Å²) in [6, 6.07) is 17.1. The smallest absolute Gasteiger partial charge is 0.178 e. The fourth-order valence-corrected chi connectivity index (χ4v) is 11.0. The number of rotatable bonds is 15. The molecule has 5 rings (SSSR count). The molecule has 3 aliphatic heterocycles. The molecule has 0 aromatic heterocycles. The lowest BCUT2D eigenvalue weighted by Gasteiger charge is -2.22. The van der Waals surface area contributed by atoms with Gasteiger partial charge in [0.1, 0.15) is 0 Å². The third-order valence-corrected chi connectivity index (χ3v) is 13.9. The Morgan fingerprint density at radius 2 is 1.24 bits per heavy atom. The van der Waals surface area contributed by atoms with Gasteiger partial charge in [-0.05, 0) is 62.8 Å². The van der Waals surface area contributed by atoms with Crippen molar-refractivity contribution in [2.24, 2.45) is 23.7 Å². The molecule has 10 nitrogen and oxygen atoms in total. The van der Waals surface area contributed by atoms with Crippen molar-refractivity contribution in [3.05, 3.63) is 86.0 Å². The topological polar surface area (TPSA) is 146 Å². The van der Waals surface area contributed by atoms with Gasteiger partial charge in [-0.25, -0.2) is 16.8 Å². The van der Waals surface area contributed by atoms with E-state index >= 15 is 0 Å². The molecule has 2 aromatic carbocycles. The molecule has 3 aliphatic rings. The highest BCUT2D eigenvalue weighted by molar-refractivity contribution is 7.91. The van der Waals surface area contributed by atoms with Gasteiger partial charge in [0.25, 0.3) is 0 Å². The number of aliphatic hydroxyl groups is 2. The van der Waals surface area contributed by atoms with Gasteiger partial charge in [0.2, 0.25) is 0 Å². The van der Waals surface area contributed by atoms with Crippen molar-refractivity contribution in [1.29, 1.82) is 0 Å². The van der Waals surface area contributed by atoms with Gasteiger partial charge in [-0.15, -0.1) is 13.2 Å². The number of aliphatic hydroxyl groups excluding tert-OH is 2. The van der Waals surface area contributed by atoms with Crippen LogP contribution >= 0.6 is 0 Å². The maximum Gasteiger partial charge on any atom is 0.178 e. The minimum absolute atomic E-state index is 0.00239. The van der Waals surface area contributed by atoms with E-state index in [9.17, 15) is 21.9 Å². The molecule has 0 bridgehead atoms. The molecule has 3 saturated heterocycles. The van der Waals surface area contributed by atoms with Crippen LogP contribution in [0.15, 0.2) is 95.8 Å². The van der Waals surface area contributed by atoms with E-state index in [0.29, 0.717) is 42.1 Å². The van der Waals surface area contributed by atoms with Gasteiger partial charge < -0.3 is 29.2 Å². The van der Waals surface area contributed by atoms with Crippen molar-refractivity contribution < 1.29 is 46.0 Å². The molecule has 2 N–H and O–H groups in total. The summed E-state index contributed by atoms with van der Waals surface area (Å²) in [6.07, 6.45) is 4.16. The molecule has 2 unspecified atom stereocenters. The summed E-state index contributed by atoms with van der Waals surface area (Å²) >= 11 is 0. The monoisotopic (exact) mass is 748 g/mol. The molecule has 2 aromatic rings. The number of hydrogen-bond acceptors (Lipinski definition) is 10. The second-order valence-corrected chi connectivity index (χ2v) is 18.5. The Kier molecular flexibility index (Phi) is 14.6. The van der Waals surface area contributed by atoms with Gasteiger partial charge in [-0.3, -0.25) is 0 Å². The van der Waals surface area contributed by atoms with Gasteiger partial charge in [0.15, 0.2) is 25.5 Å². The minimum Gasteiger partial charge on any atom is -0.394 e. The highest BCUT2D eigenvalue weighted by atomic mass is 32.2. The van der Waals surface area contributed by atoms with E-state index in [1.165, 1.54) is 0 Å². The van der Waals surface area contributed by atoms with E-state index in [-0.39, 0.29) is 72.3 Å². The van der Waals surface area contributed by atoms with E-state index in [0.717, 1.165) is 0 Å². The SMILES string of the molecule is C=CC[C@@H]1O[C@H](CC(O)CO)[C@H](C)[C@H]1CS(=O)(=O)c1ccccc1.C=CC[C@@H]1O[C@H](CC2COC(C)(C)O2)[C@H](C)[C@H]1CS(=O)(=O)c1ccccc1. The third-order valence-electron chi connectivity index (χ3n) is 10.3. The zero-order valence-corrected chi connectivity index (χ0v) is 31.9. The molecule has 12 heteroatoms. The maximum absolute atomic E-state index is 12.9. The van der Waals surface area contributed by atoms with Gasteiger partial charge in [-0.2, -0.15) is 0 Å². The van der Waals surface area contributed by atoms with E-state index in [2.05, 4.69) is 20.1 Å². The first-order valence-corrected chi connectivity index (χ1v) is 21.1. The Morgan fingerprint density at radius 3 is 1.65 bits per heavy atom. The lowest BCUT2D eigenvalue weighted by atomic mass is 9.87. The second kappa shape index (κ2) is 18.1. The Bertz CT molecular complexity index is 1610.